The zero-order chi connectivity index (χ0) is 13.1. The van der Waals surface area contributed by atoms with Gasteiger partial charge in [0.25, 0.3) is 5.91 Å². The van der Waals surface area contributed by atoms with Crippen LogP contribution in [0.2, 0.25) is 0 Å². The first kappa shape index (κ1) is 12.6. The van der Waals surface area contributed by atoms with Gasteiger partial charge in [-0.25, -0.2) is 4.39 Å². The zero-order valence-electron chi connectivity index (χ0n) is 9.28. The second-order valence-corrected chi connectivity index (χ2v) is 4.52. The fourth-order valence-electron chi connectivity index (χ4n) is 1.45. The van der Waals surface area contributed by atoms with E-state index < -0.39 is 11.7 Å². The smallest absolute Gasteiger partial charge is 0.258 e. The highest BCUT2D eigenvalue weighted by Gasteiger charge is 2.11. The first-order valence-corrected chi connectivity index (χ1v) is 5.98. The van der Waals surface area contributed by atoms with Gasteiger partial charge in [0.2, 0.25) is 0 Å². The molecular weight excluding hydrogens is 299 g/mol. The van der Waals surface area contributed by atoms with E-state index in [0.29, 0.717) is 15.8 Å². The maximum absolute atomic E-state index is 13.4. The van der Waals surface area contributed by atoms with Gasteiger partial charge in [-0.15, -0.1) is 0 Å². The molecule has 0 bridgehead atoms. The number of nitrogens with two attached hydrogens (primary N) is 1. The Morgan fingerprint density at radius 2 is 1.94 bits per heavy atom. The molecule has 0 aliphatic rings. The fraction of sp³-hybridized carbons (Fsp3) is 0. The molecule has 2 rings (SSSR count). The lowest BCUT2D eigenvalue weighted by Crippen LogP contribution is -2.13. The molecule has 0 atom stereocenters. The van der Waals surface area contributed by atoms with Crippen molar-refractivity contribution in [2.75, 3.05) is 11.1 Å². The van der Waals surface area contributed by atoms with Crippen LogP contribution in [0.15, 0.2) is 46.9 Å². The molecule has 0 unspecified atom stereocenters. The molecule has 0 saturated heterocycles. The second kappa shape index (κ2) is 5.18. The minimum absolute atomic E-state index is 0.00504. The molecule has 0 aliphatic heterocycles. The van der Waals surface area contributed by atoms with Crippen molar-refractivity contribution in [3.8, 4) is 0 Å². The minimum atomic E-state index is -0.551. The van der Waals surface area contributed by atoms with Crippen LogP contribution in [0.4, 0.5) is 15.8 Å². The molecule has 92 valence electrons. The summed E-state index contributed by atoms with van der Waals surface area (Å²) in [7, 11) is 0. The average molecular weight is 309 g/mol. The monoisotopic (exact) mass is 308 g/mol. The third kappa shape index (κ3) is 2.68. The highest BCUT2D eigenvalue weighted by molar-refractivity contribution is 9.10. The molecule has 0 radical (unpaired) electrons. The summed E-state index contributed by atoms with van der Waals surface area (Å²) in [6.45, 7) is 0. The number of hydrogen-bond acceptors (Lipinski definition) is 2. The van der Waals surface area contributed by atoms with Crippen LogP contribution in [0.3, 0.4) is 0 Å². The van der Waals surface area contributed by atoms with Crippen LogP contribution in [0, 0.1) is 5.82 Å². The number of benzene rings is 2. The Morgan fingerprint density at radius 3 is 2.61 bits per heavy atom. The number of halogens is 2. The summed E-state index contributed by atoms with van der Waals surface area (Å²) in [6, 6.07) is 10.8. The molecule has 3 N–H and O–H groups in total. The first-order valence-electron chi connectivity index (χ1n) is 5.19. The van der Waals surface area contributed by atoms with Gasteiger partial charge >= 0.3 is 0 Å². The van der Waals surface area contributed by atoms with E-state index in [4.69, 9.17) is 5.73 Å². The van der Waals surface area contributed by atoms with Crippen molar-refractivity contribution in [1.82, 2.24) is 0 Å². The largest absolute Gasteiger partial charge is 0.398 e. The van der Waals surface area contributed by atoms with E-state index in [9.17, 15) is 9.18 Å². The van der Waals surface area contributed by atoms with Crippen LogP contribution in [-0.4, -0.2) is 5.91 Å². The van der Waals surface area contributed by atoms with Gasteiger partial charge in [-0.1, -0.05) is 12.1 Å². The molecule has 18 heavy (non-hydrogen) atoms. The van der Waals surface area contributed by atoms with Gasteiger partial charge in [0, 0.05) is 15.8 Å². The van der Waals surface area contributed by atoms with E-state index in [1.54, 1.807) is 24.3 Å². The predicted molar refractivity (Wildman–Crippen MR) is 72.9 cm³/mol. The summed E-state index contributed by atoms with van der Waals surface area (Å²) in [6.07, 6.45) is 0. The molecule has 2 aromatic rings. The highest BCUT2D eigenvalue weighted by Crippen LogP contribution is 2.23. The first-order chi connectivity index (χ1) is 8.58. The number of anilines is 2. The maximum atomic E-state index is 13.4. The molecule has 0 heterocycles. The summed E-state index contributed by atoms with van der Waals surface area (Å²) < 4.78 is 14.1. The minimum Gasteiger partial charge on any atom is -0.398 e. The third-order valence-corrected chi connectivity index (χ3v) is 3.06. The van der Waals surface area contributed by atoms with Crippen LogP contribution in [-0.2, 0) is 0 Å². The van der Waals surface area contributed by atoms with Crippen molar-refractivity contribution in [1.29, 1.82) is 0 Å². The molecular formula is C13H10BrFN2O. The van der Waals surface area contributed by atoms with E-state index in [1.165, 1.54) is 18.2 Å². The fourth-order valence-corrected chi connectivity index (χ4v) is 1.83. The quantitative estimate of drug-likeness (QED) is 0.835. The molecule has 3 nitrogen and oxygen atoms in total. The molecule has 0 saturated carbocycles. The normalized spacial score (nSPS) is 10.1. The lowest BCUT2D eigenvalue weighted by molar-refractivity contribution is 0.102. The number of nitrogen functional groups attached to an aromatic ring is 1. The molecule has 0 spiro atoms. The highest BCUT2D eigenvalue weighted by atomic mass is 79.9. The number of carbonyl (C=O) groups is 1. The summed E-state index contributed by atoms with van der Waals surface area (Å²) >= 11 is 3.26. The standard InChI is InChI=1S/C13H10BrFN2O/c14-10-7-8(5-6-12(10)16)17-13(18)9-3-1-2-4-11(9)15/h1-7H,16H2,(H,17,18). The van der Waals surface area contributed by atoms with Gasteiger partial charge in [0.1, 0.15) is 5.82 Å². The van der Waals surface area contributed by atoms with Crippen LogP contribution in [0.5, 0.6) is 0 Å². The molecule has 0 aliphatic carbocycles. The van der Waals surface area contributed by atoms with Gasteiger partial charge in [0.05, 0.1) is 5.56 Å². The van der Waals surface area contributed by atoms with Crippen LogP contribution in [0.25, 0.3) is 0 Å². The maximum Gasteiger partial charge on any atom is 0.258 e. The molecule has 2 aromatic carbocycles. The van der Waals surface area contributed by atoms with Gasteiger partial charge in [0.15, 0.2) is 0 Å². The summed E-state index contributed by atoms with van der Waals surface area (Å²) in [5.74, 6) is -1.05. The van der Waals surface area contributed by atoms with Gasteiger partial charge in [-0.05, 0) is 46.3 Å². The summed E-state index contributed by atoms with van der Waals surface area (Å²) in [5.41, 5.74) is 6.75. The van der Waals surface area contributed by atoms with Crippen molar-refractivity contribution in [3.63, 3.8) is 0 Å². The predicted octanol–water partition coefficient (Wildman–Crippen LogP) is 3.42. The summed E-state index contributed by atoms with van der Waals surface area (Å²) in [4.78, 5) is 11.8. The summed E-state index contributed by atoms with van der Waals surface area (Å²) in [5, 5.41) is 2.60. The van der Waals surface area contributed by atoms with Crippen molar-refractivity contribution in [2.45, 2.75) is 0 Å². The molecule has 5 heteroatoms. The number of amides is 1. The van der Waals surface area contributed by atoms with Crippen molar-refractivity contribution >= 4 is 33.2 Å². The lowest BCUT2D eigenvalue weighted by atomic mass is 10.2. The lowest BCUT2D eigenvalue weighted by Gasteiger charge is -2.07. The number of nitrogens with one attached hydrogen (secondary N) is 1. The van der Waals surface area contributed by atoms with Crippen LogP contribution >= 0.6 is 15.9 Å². The van der Waals surface area contributed by atoms with E-state index in [2.05, 4.69) is 21.2 Å². The van der Waals surface area contributed by atoms with Crippen molar-refractivity contribution in [3.05, 3.63) is 58.3 Å². The van der Waals surface area contributed by atoms with Gasteiger partial charge in [-0.3, -0.25) is 4.79 Å². The zero-order valence-corrected chi connectivity index (χ0v) is 10.9. The van der Waals surface area contributed by atoms with Crippen LogP contribution < -0.4 is 11.1 Å². The molecule has 1 amide bonds. The van der Waals surface area contributed by atoms with E-state index in [0.717, 1.165) is 0 Å². The second-order valence-electron chi connectivity index (χ2n) is 3.67. The Hall–Kier alpha value is -1.88. The van der Waals surface area contributed by atoms with Gasteiger partial charge in [-0.2, -0.15) is 0 Å². The molecule has 0 aromatic heterocycles. The Kier molecular flexibility index (Phi) is 3.62. The topological polar surface area (TPSA) is 55.1 Å². The molecule has 0 fully saturated rings. The van der Waals surface area contributed by atoms with Crippen molar-refractivity contribution < 1.29 is 9.18 Å². The Labute approximate surface area is 112 Å². The third-order valence-electron chi connectivity index (χ3n) is 2.38. The number of hydrogen-bond donors (Lipinski definition) is 2. The van der Waals surface area contributed by atoms with E-state index >= 15 is 0 Å². The Morgan fingerprint density at radius 1 is 1.22 bits per heavy atom. The Balaban J connectivity index is 2.22. The van der Waals surface area contributed by atoms with E-state index in [-0.39, 0.29) is 5.56 Å². The SMILES string of the molecule is Nc1ccc(NC(=O)c2ccccc2F)cc1Br. The van der Waals surface area contributed by atoms with Crippen LogP contribution in [0.1, 0.15) is 10.4 Å². The average Bonchev–Trinajstić information content (AvgIpc) is 2.34. The van der Waals surface area contributed by atoms with E-state index in [1.807, 2.05) is 0 Å². The number of carbonyl (C=O) groups excluding carboxylic acids is 1. The van der Waals surface area contributed by atoms with Gasteiger partial charge < -0.3 is 11.1 Å². The van der Waals surface area contributed by atoms with Crippen molar-refractivity contribution in [2.24, 2.45) is 0 Å². The Bertz CT molecular complexity index is 601. The number of rotatable bonds is 2.